The van der Waals surface area contributed by atoms with Crippen LogP contribution >= 0.6 is 0 Å². The van der Waals surface area contributed by atoms with E-state index in [1.54, 1.807) is 12.4 Å². The van der Waals surface area contributed by atoms with Gasteiger partial charge in [0.25, 0.3) is 0 Å². The maximum Gasteiger partial charge on any atom is 0.250 e. The summed E-state index contributed by atoms with van der Waals surface area (Å²) in [7, 11) is 1.43. The molecule has 7 nitrogen and oxygen atoms in total. The van der Waals surface area contributed by atoms with E-state index in [-0.39, 0.29) is 11.9 Å². The highest BCUT2D eigenvalue weighted by Gasteiger charge is 2.48. The number of hydrogen-bond acceptors (Lipinski definition) is 6. The first-order valence-corrected chi connectivity index (χ1v) is 12.0. The van der Waals surface area contributed by atoms with E-state index in [1.165, 1.54) is 13.2 Å². The fourth-order valence-electron chi connectivity index (χ4n) is 5.68. The third-order valence-electron chi connectivity index (χ3n) is 8.14. The lowest BCUT2D eigenvalue weighted by Crippen LogP contribution is -2.68. The van der Waals surface area contributed by atoms with Gasteiger partial charge in [-0.05, 0) is 35.8 Å². The minimum Gasteiger partial charge on any atom is -0.479 e. The molecule has 3 aliphatic heterocycles. The highest BCUT2D eigenvalue weighted by atomic mass is 19.1. The molecular formula is C25H35FN6O. The first-order chi connectivity index (χ1) is 15.9. The second kappa shape index (κ2) is 9.78. The Hall–Kier alpha value is -2.50. The van der Waals surface area contributed by atoms with Crippen LogP contribution in [0, 0.1) is 34.9 Å². The van der Waals surface area contributed by atoms with Crippen molar-refractivity contribution in [1.82, 2.24) is 25.0 Å². The summed E-state index contributed by atoms with van der Waals surface area (Å²) >= 11 is 0. The Morgan fingerprint density at radius 3 is 2.58 bits per heavy atom. The second-order valence-corrected chi connectivity index (χ2v) is 9.86. The van der Waals surface area contributed by atoms with Gasteiger partial charge in [-0.25, -0.2) is 9.37 Å². The largest absolute Gasteiger partial charge is 0.479 e. The molecular weight excluding hydrogens is 419 g/mol. The molecule has 2 aromatic rings. The van der Waals surface area contributed by atoms with Gasteiger partial charge in [0.1, 0.15) is 6.07 Å². The molecule has 3 unspecified atom stereocenters. The Balaban J connectivity index is 1.51. The molecule has 1 N–H and O–H groups in total. The number of aromatic amines is 1. The van der Waals surface area contributed by atoms with Gasteiger partial charge in [0.15, 0.2) is 5.82 Å². The molecule has 0 radical (unpaired) electrons. The van der Waals surface area contributed by atoms with Crippen molar-refractivity contribution in [2.45, 2.75) is 65.2 Å². The van der Waals surface area contributed by atoms with E-state index in [9.17, 15) is 9.65 Å². The second-order valence-electron chi connectivity index (χ2n) is 9.86. The van der Waals surface area contributed by atoms with Crippen LogP contribution in [0.4, 0.5) is 4.39 Å². The zero-order valence-corrected chi connectivity index (χ0v) is 20.3. The van der Waals surface area contributed by atoms with E-state index in [4.69, 9.17) is 4.74 Å². The van der Waals surface area contributed by atoms with E-state index in [0.29, 0.717) is 41.9 Å². The van der Waals surface area contributed by atoms with Crippen LogP contribution < -0.4 is 4.74 Å². The minimum absolute atomic E-state index is 0.0360. The van der Waals surface area contributed by atoms with Crippen molar-refractivity contribution in [2.24, 2.45) is 17.8 Å². The Kier molecular flexibility index (Phi) is 7.01. The molecule has 3 saturated heterocycles. The quantitative estimate of drug-likeness (QED) is 0.613. The number of piperidine rings is 1. The molecule has 0 spiro atoms. The molecule has 33 heavy (non-hydrogen) atoms. The van der Waals surface area contributed by atoms with Gasteiger partial charge in [-0.3, -0.25) is 14.9 Å². The van der Waals surface area contributed by atoms with E-state index in [0.717, 1.165) is 37.2 Å². The van der Waals surface area contributed by atoms with Crippen molar-refractivity contribution in [3.8, 4) is 11.9 Å². The van der Waals surface area contributed by atoms with Crippen molar-refractivity contribution in [2.75, 3.05) is 20.2 Å². The Morgan fingerprint density at radius 1 is 1.24 bits per heavy atom. The average Bonchev–Trinajstić information content (AvgIpc) is 3.30. The average molecular weight is 455 g/mol. The maximum atomic E-state index is 14.1. The van der Waals surface area contributed by atoms with Gasteiger partial charge in [-0.15, -0.1) is 0 Å². The summed E-state index contributed by atoms with van der Waals surface area (Å²) < 4.78 is 19.1. The SMILES string of the molecule is CC[C@@H](C)[C@H](C)[C@@H](C)C(c1[nH]ncc1C#N)N1CC2CC(C1)N2Cc1cnc(OC)c(F)c1. The molecule has 0 aromatic carbocycles. The van der Waals surface area contributed by atoms with Crippen LogP contribution in [0.3, 0.4) is 0 Å². The highest BCUT2D eigenvalue weighted by Crippen LogP contribution is 2.43. The molecule has 178 valence electrons. The van der Waals surface area contributed by atoms with Crippen LogP contribution in [-0.2, 0) is 6.54 Å². The molecule has 0 amide bonds. The zero-order valence-electron chi connectivity index (χ0n) is 20.3. The fourth-order valence-corrected chi connectivity index (χ4v) is 5.68. The first-order valence-electron chi connectivity index (χ1n) is 12.0. The molecule has 2 aromatic heterocycles. The summed E-state index contributed by atoms with van der Waals surface area (Å²) in [5, 5.41) is 17.0. The van der Waals surface area contributed by atoms with E-state index in [1.807, 2.05) is 0 Å². The third-order valence-corrected chi connectivity index (χ3v) is 8.14. The standard InChI is InChI=1S/C25H35FN6O/c1-6-15(2)16(3)17(4)24(23-19(9-27)11-29-30-23)31-13-20-8-21(14-31)32(20)12-18-7-22(26)25(33-5)28-10-18/h7,10-11,15-17,20-21,24H,6,8,12-14H2,1-5H3,(H,29,30)/t15-,16+,17-,20?,21?,24?/m1/s1. The number of nitriles is 1. The number of methoxy groups -OCH3 is 1. The lowest BCUT2D eigenvalue weighted by Gasteiger charge is -2.58. The minimum atomic E-state index is -0.418. The van der Waals surface area contributed by atoms with Gasteiger partial charge in [0.05, 0.1) is 30.6 Å². The highest BCUT2D eigenvalue weighted by molar-refractivity contribution is 5.33. The van der Waals surface area contributed by atoms with Gasteiger partial charge >= 0.3 is 0 Å². The molecule has 3 aliphatic rings. The normalized spacial score (nSPS) is 24.4. The molecule has 0 aliphatic carbocycles. The summed E-state index contributed by atoms with van der Waals surface area (Å²) in [5.74, 6) is 1.10. The number of piperazine rings is 1. The van der Waals surface area contributed by atoms with E-state index in [2.05, 4.69) is 58.7 Å². The van der Waals surface area contributed by atoms with Crippen molar-refractivity contribution in [3.63, 3.8) is 0 Å². The number of rotatable bonds is 9. The molecule has 6 atom stereocenters. The zero-order chi connectivity index (χ0) is 23.7. The number of nitrogens with zero attached hydrogens (tertiary/aromatic N) is 5. The predicted molar refractivity (Wildman–Crippen MR) is 124 cm³/mol. The summed E-state index contributed by atoms with van der Waals surface area (Å²) in [5.41, 5.74) is 2.45. The molecule has 8 heteroatoms. The summed E-state index contributed by atoms with van der Waals surface area (Å²) in [6, 6.07) is 4.80. The summed E-state index contributed by atoms with van der Waals surface area (Å²) in [6.45, 7) is 11.7. The van der Waals surface area contributed by atoms with Crippen LogP contribution in [-0.4, -0.2) is 57.3 Å². The van der Waals surface area contributed by atoms with Gasteiger partial charge in [-0.2, -0.15) is 10.4 Å². The van der Waals surface area contributed by atoms with Gasteiger partial charge in [-0.1, -0.05) is 34.1 Å². The number of nitrogens with one attached hydrogen (secondary N) is 1. The number of fused-ring (bicyclic) bond motifs is 2. The first kappa shape index (κ1) is 23.7. The smallest absolute Gasteiger partial charge is 0.250 e. The van der Waals surface area contributed by atoms with Gasteiger partial charge < -0.3 is 4.74 Å². The molecule has 5 rings (SSSR count). The van der Waals surface area contributed by atoms with Crippen LogP contribution in [0.25, 0.3) is 0 Å². The van der Waals surface area contributed by atoms with Crippen molar-refractivity contribution < 1.29 is 9.13 Å². The van der Waals surface area contributed by atoms with Crippen molar-refractivity contribution in [3.05, 3.63) is 41.1 Å². The van der Waals surface area contributed by atoms with Crippen molar-refractivity contribution in [1.29, 1.82) is 5.26 Å². The number of hydrogen-bond donors (Lipinski definition) is 1. The lowest BCUT2D eigenvalue weighted by atomic mass is 9.76. The molecule has 2 bridgehead atoms. The van der Waals surface area contributed by atoms with Gasteiger partial charge in [0.2, 0.25) is 5.88 Å². The third kappa shape index (κ3) is 4.49. The monoisotopic (exact) mass is 454 g/mol. The van der Waals surface area contributed by atoms with Gasteiger partial charge in [0, 0.05) is 37.9 Å². The van der Waals surface area contributed by atoms with Crippen LogP contribution in [0.1, 0.15) is 63.4 Å². The number of halogens is 1. The number of pyridine rings is 1. The molecule has 0 saturated carbocycles. The van der Waals surface area contributed by atoms with Crippen LogP contribution in [0.5, 0.6) is 5.88 Å². The van der Waals surface area contributed by atoms with E-state index < -0.39 is 5.82 Å². The fraction of sp³-hybridized carbons (Fsp3) is 0.640. The number of H-pyrrole nitrogens is 1. The number of aromatic nitrogens is 3. The summed E-state index contributed by atoms with van der Waals surface area (Å²) in [6.07, 6.45) is 5.64. The topological polar surface area (TPSA) is 81.1 Å². The lowest BCUT2D eigenvalue weighted by molar-refractivity contribution is -0.0989. The predicted octanol–water partition coefficient (Wildman–Crippen LogP) is 4.14. The van der Waals surface area contributed by atoms with E-state index >= 15 is 0 Å². The Labute approximate surface area is 195 Å². The number of ether oxygens (including phenoxy) is 1. The van der Waals surface area contributed by atoms with Crippen LogP contribution in [0.2, 0.25) is 0 Å². The summed E-state index contributed by atoms with van der Waals surface area (Å²) in [4.78, 5) is 9.09. The van der Waals surface area contributed by atoms with Crippen LogP contribution in [0.15, 0.2) is 18.5 Å². The molecule has 3 fully saturated rings. The Bertz CT molecular complexity index is 991. The Morgan fingerprint density at radius 2 is 1.97 bits per heavy atom. The maximum absolute atomic E-state index is 14.1. The molecule has 5 heterocycles. The van der Waals surface area contributed by atoms with Crippen molar-refractivity contribution >= 4 is 0 Å².